The molecule has 4 nitrogen and oxygen atoms in total. The molecular weight excluding hydrogens is 178 g/mol. The number of aromatic hydroxyl groups is 1. The number of hydrogen-bond donors (Lipinski definition) is 2. The summed E-state index contributed by atoms with van der Waals surface area (Å²) in [5, 5.41) is 9.59. The summed E-state index contributed by atoms with van der Waals surface area (Å²) < 4.78 is 1.41. The van der Waals surface area contributed by atoms with Gasteiger partial charge in [0.2, 0.25) is 0 Å². The largest absolute Gasteiger partial charge is 0.507 e. The molecule has 3 N–H and O–H groups in total. The number of para-hydroxylation sites is 1. The molecule has 0 atom stereocenters. The first-order valence-electron chi connectivity index (χ1n) is 4.28. The van der Waals surface area contributed by atoms with E-state index in [1.165, 1.54) is 4.68 Å². The highest BCUT2D eigenvalue weighted by Gasteiger charge is 2.09. The molecule has 0 aliphatic heterocycles. The number of nitrogens with two attached hydrogens (primary N) is 1. The van der Waals surface area contributed by atoms with Gasteiger partial charge in [0.15, 0.2) is 5.82 Å². The van der Waals surface area contributed by atoms with Crippen LogP contribution < -0.4 is 5.84 Å². The van der Waals surface area contributed by atoms with Crippen LogP contribution in [0.2, 0.25) is 0 Å². The van der Waals surface area contributed by atoms with E-state index >= 15 is 0 Å². The molecule has 0 aliphatic rings. The Balaban J connectivity index is 2.60. The third kappa shape index (κ3) is 1.31. The molecule has 1 heterocycles. The monoisotopic (exact) mass is 189 g/mol. The van der Waals surface area contributed by atoms with Crippen LogP contribution in [0.25, 0.3) is 11.4 Å². The van der Waals surface area contributed by atoms with E-state index < -0.39 is 0 Å². The normalized spacial score (nSPS) is 10.4. The number of aromatic nitrogens is 2. The first-order valence-corrected chi connectivity index (χ1v) is 4.28. The average molecular weight is 189 g/mol. The molecule has 0 fully saturated rings. The van der Waals surface area contributed by atoms with E-state index in [-0.39, 0.29) is 5.75 Å². The molecular formula is C10H11N3O. The molecule has 0 aliphatic carbocycles. The van der Waals surface area contributed by atoms with Crippen molar-refractivity contribution < 1.29 is 5.11 Å². The molecule has 1 aromatic carbocycles. The Hall–Kier alpha value is -1.97. The van der Waals surface area contributed by atoms with Crippen molar-refractivity contribution in [2.75, 3.05) is 5.84 Å². The fraction of sp³-hybridized carbons (Fsp3) is 0.100. The van der Waals surface area contributed by atoms with Gasteiger partial charge in [0.05, 0.1) is 11.3 Å². The number of rotatable bonds is 1. The number of hydrogen-bond acceptors (Lipinski definition) is 3. The van der Waals surface area contributed by atoms with Gasteiger partial charge < -0.3 is 10.9 Å². The minimum Gasteiger partial charge on any atom is -0.507 e. The molecule has 0 saturated carbocycles. The number of nitrogen functional groups attached to an aromatic ring is 1. The van der Waals surface area contributed by atoms with Crippen LogP contribution in [0.4, 0.5) is 0 Å². The molecule has 1 aromatic heterocycles. The third-order valence-corrected chi connectivity index (χ3v) is 2.00. The molecule has 0 radical (unpaired) electrons. The van der Waals surface area contributed by atoms with Gasteiger partial charge in [0.25, 0.3) is 0 Å². The molecule has 0 bridgehead atoms. The van der Waals surface area contributed by atoms with Crippen molar-refractivity contribution in [2.45, 2.75) is 6.92 Å². The molecule has 0 spiro atoms. The Labute approximate surface area is 81.6 Å². The minimum absolute atomic E-state index is 0.185. The van der Waals surface area contributed by atoms with E-state index in [4.69, 9.17) is 5.84 Å². The van der Waals surface area contributed by atoms with Crippen LogP contribution in [0.5, 0.6) is 5.75 Å². The summed E-state index contributed by atoms with van der Waals surface area (Å²) in [4.78, 5) is 4.22. The Morgan fingerprint density at radius 1 is 1.36 bits per heavy atom. The minimum atomic E-state index is 0.185. The van der Waals surface area contributed by atoms with E-state index in [0.717, 1.165) is 5.69 Å². The maximum atomic E-state index is 9.59. The zero-order chi connectivity index (χ0) is 10.1. The van der Waals surface area contributed by atoms with E-state index in [0.29, 0.717) is 11.4 Å². The third-order valence-electron chi connectivity index (χ3n) is 2.00. The van der Waals surface area contributed by atoms with Crippen molar-refractivity contribution in [3.05, 3.63) is 36.2 Å². The number of aryl methyl sites for hydroxylation is 1. The summed E-state index contributed by atoms with van der Waals surface area (Å²) >= 11 is 0. The maximum absolute atomic E-state index is 9.59. The fourth-order valence-corrected chi connectivity index (χ4v) is 1.38. The van der Waals surface area contributed by atoms with Gasteiger partial charge in [-0.25, -0.2) is 9.66 Å². The van der Waals surface area contributed by atoms with Crippen LogP contribution in [-0.4, -0.2) is 14.8 Å². The zero-order valence-corrected chi connectivity index (χ0v) is 7.81. The second-order valence-electron chi connectivity index (χ2n) is 3.13. The van der Waals surface area contributed by atoms with Gasteiger partial charge >= 0.3 is 0 Å². The summed E-state index contributed by atoms with van der Waals surface area (Å²) in [6.45, 7) is 1.85. The Morgan fingerprint density at radius 2 is 2.07 bits per heavy atom. The molecule has 2 rings (SSSR count). The summed E-state index contributed by atoms with van der Waals surface area (Å²) in [6, 6.07) is 6.98. The highest BCUT2D eigenvalue weighted by atomic mass is 16.3. The van der Waals surface area contributed by atoms with Gasteiger partial charge in [0.1, 0.15) is 5.75 Å². The van der Waals surface area contributed by atoms with Crippen LogP contribution in [0.15, 0.2) is 30.5 Å². The molecule has 14 heavy (non-hydrogen) atoms. The van der Waals surface area contributed by atoms with E-state index in [9.17, 15) is 5.11 Å². The molecule has 0 saturated heterocycles. The molecule has 72 valence electrons. The summed E-state index contributed by atoms with van der Waals surface area (Å²) in [6.07, 6.45) is 1.71. The molecule has 0 amide bonds. The van der Waals surface area contributed by atoms with E-state index in [1.54, 1.807) is 24.4 Å². The lowest BCUT2D eigenvalue weighted by Gasteiger charge is -2.02. The Kier molecular flexibility index (Phi) is 1.89. The van der Waals surface area contributed by atoms with Gasteiger partial charge in [-0.1, -0.05) is 12.1 Å². The van der Waals surface area contributed by atoms with E-state index in [2.05, 4.69) is 4.98 Å². The van der Waals surface area contributed by atoms with Gasteiger partial charge in [-0.2, -0.15) is 0 Å². The first kappa shape index (κ1) is 8.62. The standard InChI is InChI=1S/C10H11N3O/c1-7-6-13(11)10(12-7)8-4-2-3-5-9(8)14/h2-6,14H,11H2,1H3. The lowest BCUT2D eigenvalue weighted by molar-refractivity contribution is 0.476. The van der Waals surface area contributed by atoms with Crippen LogP contribution in [0, 0.1) is 6.92 Å². The quantitative estimate of drug-likeness (QED) is 0.664. The number of imidazole rings is 1. The number of phenols is 1. The van der Waals surface area contributed by atoms with Crippen LogP contribution in [0.1, 0.15) is 5.69 Å². The molecule has 4 heteroatoms. The molecule has 0 unspecified atom stereocenters. The van der Waals surface area contributed by atoms with Crippen LogP contribution in [0.3, 0.4) is 0 Å². The maximum Gasteiger partial charge on any atom is 0.162 e. The highest BCUT2D eigenvalue weighted by Crippen LogP contribution is 2.26. The molecule has 2 aromatic rings. The number of phenolic OH excluding ortho intramolecular Hbond substituents is 1. The lowest BCUT2D eigenvalue weighted by Crippen LogP contribution is -2.08. The van der Waals surface area contributed by atoms with Crippen molar-refractivity contribution in [1.29, 1.82) is 0 Å². The SMILES string of the molecule is Cc1cn(N)c(-c2ccccc2O)n1. The van der Waals surface area contributed by atoms with Crippen molar-refractivity contribution in [3.63, 3.8) is 0 Å². The van der Waals surface area contributed by atoms with Crippen molar-refractivity contribution in [1.82, 2.24) is 9.66 Å². The Morgan fingerprint density at radius 3 is 2.64 bits per heavy atom. The number of benzene rings is 1. The average Bonchev–Trinajstić information content (AvgIpc) is 2.46. The van der Waals surface area contributed by atoms with Crippen molar-refractivity contribution in [3.8, 4) is 17.1 Å². The zero-order valence-electron chi connectivity index (χ0n) is 7.81. The second kappa shape index (κ2) is 3.06. The van der Waals surface area contributed by atoms with Crippen molar-refractivity contribution in [2.24, 2.45) is 0 Å². The second-order valence-corrected chi connectivity index (χ2v) is 3.13. The summed E-state index contributed by atoms with van der Waals surface area (Å²) in [7, 11) is 0. The first-order chi connectivity index (χ1) is 6.68. The summed E-state index contributed by atoms with van der Waals surface area (Å²) in [5.74, 6) is 6.44. The lowest BCUT2D eigenvalue weighted by atomic mass is 10.2. The van der Waals surface area contributed by atoms with Crippen LogP contribution >= 0.6 is 0 Å². The van der Waals surface area contributed by atoms with Crippen LogP contribution in [-0.2, 0) is 0 Å². The highest BCUT2D eigenvalue weighted by molar-refractivity contribution is 5.64. The van der Waals surface area contributed by atoms with Gasteiger partial charge in [-0.05, 0) is 19.1 Å². The smallest absolute Gasteiger partial charge is 0.162 e. The Bertz CT molecular complexity index is 462. The predicted octanol–water partition coefficient (Wildman–Crippen LogP) is 1.28. The van der Waals surface area contributed by atoms with Crippen molar-refractivity contribution >= 4 is 0 Å². The number of nitrogens with zero attached hydrogens (tertiary/aromatic N) is 2. The van der Waals surface area contributed by atoms with E-state index in [1.807, 2.05) is 13.0 Å². The van der Waals surface area contributed by atoms with Gasteiger partial charge in [0, 0.05) is 6.20 Å². The van der Waals surface area contributed by atoms with Gasteiger partial charge in [-0.3, -0.25) is 0 Å². The predicted molar refractivity (Wildman–Crippen MR) is 54.2 cm³/mol. The fourth-order valence-electron chi connectivity index (χ4n) is 1.38. The topological polar surface area (TPSA) is 64.1 Å². The summed E-state index contributed by atoms with van der Waals surface area (Å²) in [5.41, 5.74) is 1.47. The van der Waals surface area contributed by atoms with Gasteiger partial charge in [-0.15, -0.1) is 0 Å².